The van der Waals surface area contributed by atoms with Gasteiger partial charge in [-0.1, -0.05) is 17.7 Å². The van der Waals surface area contributed by atoms with Crippen molar-refractivity contribution in [3.05, 3.63) is 34.3 Å². The minimum Gasteiger partial charge on any atom is -0.319 e. The molecule has 1 aliphatic carbocycles. The van der Waals surface area contributed by atoms with Crippen molar-refractivity contribution < 1.29 is 13.2 Å². The van der Waals surface area contributed by atoms with Gasteiger partial charge in [-0.25, -0.2) is 0 Å². The van der Waals surface area contributed by atoms with Crippen molar-refractivity contribution in [3.8, 4) is 0 Å². The standard InChI is InChI=1S/C12H13ClF3N/c1-17-6-8-4-9(8)7-2-3-11(13)10(5-7)12(14,15)16/h2-3,5,8-9,17H,4,6H2,1H3/t8-,9-/m0/s1. The third-order valence-corrected chi connectivity index (χ3v) is 3.44. The highest BCUT2D eigenvalue weighted by Crippen LogP contribution is 2.48. The van der Waals surface area contributed by atoms with Gasteiger partial charge >= 0.3 is 6.18 Å². The largest absolute Gasteiger partial charge is 0.417 e. The number of benzene rings is 1. The van der Waals surface area contributed by atoms with E-state index in [1.165, 1.54) is 12.1 Å². The van der Waals surface area contributed by atoms with Gasteiger partial charge in [0, 0.05) is 0 Å². The lowest BCUT2D eigenvalue weighted by Gasteiger charge is -2.10. The Bertz CT molecular complexity index is 417. The third kappa shape index (κ3) is 2.75. The molecule has 0 spiro atoms. The maximum Gasteiger partial charge on any atom is 0.417 e. The van der Waals surface area contributed by atoms with Crippen molar-refractivity contribution in [2.75, 3.05) is 13.6 Å². The summed E-state index contributed by atoms with van der Waals surface area (Å²) in [5.41, 5.74) is 0.00810. The summed E-state index contributed by atoms with van der Waals surface area (Å²) in [5, 5.41) is 2.81. The van der Waals surface area contributed by atoms with Gasteiger partial charge in [0.25, 0.3) is 0 Å². The van der Waals surface area contributed by atoms with Gasteiger partial charge in [-0.3, -0.25) is 0 Å². The molecule has 2 atom stereocenters. The van der Waals surface area contributed by atoms with Gasteiger partial charge in [0.2, 0.25) is 0 Å². The van der Waals surface area contributed by atoms with Crippen LogP contribution >= 0.6 is 11.6 Å². The fourth-order valence-corrected chi connectivity index (χ4v) is 2.36. The Kier molecular flexibility index (Phi) is 3.36. The fourth-order valence-electron chi connectivity index (χ4n) is 2.13. The van der Waals surface area contributed by atoms with Crippen molar-refractivity contribution in [3.63, 3.8) is 0 Å². The quantitative estimate of drug-likeness (QED) is 0.877. The normalized spacial score (nSPS) is 23.8. The molecule has 0 unspecified atom stereocenters. The highest BCUT2D eigenvalue weighted by atomic mass is 35.5. The minimum atomic E-state index is -4.37. The molecule has 0 bridgehead atoms. The van der Waals surface area contributed by atoms with E-state index >= 15 is 0 Å². The van der Waals surface area contributed by atoms with E-state index in [0.717, 1.165) is 18.5 Å². The van der Waals surface area contributed by atoms with Crippen molar-refractivity contribution in [2.24, 2.45) is 5.92 Å². The van der Waals surface area contributed by atoms with E-state index < -0.39 is 11.7 Å². The van der Waals surface area contributed by atoms with Crippen molar-refractivity contribution >= 4 is 11.6 Å². The number of hydrogen-bond acceptors (Lipinski definition) is 1. The minimum absolute atomic E-state index is 0.230. The summed E-state index contributed by atoms with van der Waals surface area (Å²) in [6.45, 7) is 0.842. The molecule has 94 valence electrons. The first-order valence-corrected chi connectivity index (χ1v) is 5.82. The monoisotopic (exact) mass is 263 g/mol. The zero-order valence-electron chi connectivity index (χ0n) is 9.31. The summed E-state index contributed by atoms with van der Waals surface area (Å²) in [6, 6.07) is 4.22. The van der Waals surface area contributed by atoms with Crippen LogP contribution in [0.15, 0.2) is 18.2 Å². The second-order valence-corrected chi connectivity index (χ2v) is 4.80. The highest BCUT2D eigenvalue weighted by Gasteiger charge is 2.40. The fraction of sp³-hybridized carbons (Fsp3) is 0.500. The average molecular weight is 264 g/mol. The van der Waals surface area contributed by atoms with Crippen LogP contribution in [-0.4, -0.2) is 13.6 Å². The second-order valence-electron chi connectivity index (χ2n) is 4.40. The molecule has 1 aromatic carbocycles. The van der Waals surface area contributed by atoms with Gasteiger partial charge < -0.3 is 5.32 Å². The van der Waals surface area contributed by atoms with Crippen molar-refractivity contribution in [1.82, 2.24) is 5.32 Å². The van der Waals surface area contributed by atoms with Crippen LogP contribution in [0, 0.1) is 5.92 Å². The lowest BCUT2D eigenvalue weighted by atomic mass is 10.1. The molecule has 1 fully saturated rings. The molecule has 0 aromatic heterocycles. The van der Waals surface area contributed by atoms with Crippen LogP contribution < -0.4 is 5.32 Å². The van der Waals surface area contributed by atoms with Crippen LogP contribution in [0.3, 0.4) is 0 Å². The van der Waals surface area contributed by atoms with Gasteiger partial charge in [0.1, 0.15) is 0 Å². The Morgan fingerprint density at radius 3 is 2.71 bits per heavy atom. The molecular formula is C12H13ClF3N. The maximum absolute atomic E-state index is 12.7. The van der Waals surface area contributed by atoms with Gasteiger partial charge in [0.05, 0.1) is 10.6 Å². The van der Waals surface area contributed by atoms with E-state index in [9.17, 15) is 13.2 Å². The summed E-state index contributed by atoms with van der Waals surface area (Å²) < 4.78 is 38.0. The first-order valence-electron chi connectivity index (χ1n) is 5.44. The van der Waals surface area contributed by atoms with Crippen LogP contribution in [0.4, 0.5) is 13.2 Å². The Morgan fingerprint density at radius 2 is 2.12 bits per heavy atom. The molecule has 0 saturated heterocycles. The van der Waals surface area contributed by atoms with Gasteiger partial charge in [-0.05, 0) is 49.5 Å². The highest BCUT2D eigenvalue weighted by molar-refractivity contribution is 6.31. The van der Waals surface area contributed by atoms with Crippen LogP contribution in [-0.2, 0) is 6.18 Å². The molecule has 0 heterocycles. The maximum atomic E-state index is 12.7. The Hall–Kier alpha value is -0.740. The van der Waals surface area contributed by atoms with E-state index in [2.05, 4.69) is 5.32 Å². The first-order chi connectivity index (χ1) is 7.93. The van der Waals surface area contributed by atoms with Crippen molar-refractivity contribution in [1.29, 1.82) is 0 Å². The van der Waals surface area contributed by atoms with Gasteiger partial charge in [-0.15, -0.1) is 0 Å². The van der Waals surface area contributed by atoms with Crippen LogP contribution in [0.5, 0.6) is 0 Å². The summed E-state index contributed by atoms with van der Waals surface area (Å²) >= 11 is 5.57. The van der Waals surface area contributed by atoms with Crippen LogP contribution in [0.2, 0.25) is 5.02 Å². The summed E-state index contributed by atoms with van der Waals surface area (Å²) in [5.74, 6) is 0.683. The molecule has 5 heteroatoms. The molecule has 1 N–H and O–H groups in total. The number of rotatable bonds is 3. The van der Waals surface area contributed by atoms with E-state index in [1.807, 2.05) is 7.05 Å². The molecule has 1 saturated carbocycles. The first kappa shape index (κ1) is 12.7. The van der Waals surface area contributed by atoms with Crippen LogP contribution in [0.25, 0.3) is 0 Å². The Balaban J connectivity index is 2.21. The second kappa shape index (κ2) is 4.50. The lowest BCUT2D eigenvalue weighted by molar-refractivity contribution is -0.137. The zero-order chi connectivity index (χ0) is 12.6. The summed E-state index contributed by atoms with van der Waals surface area (Å²) in [4.78, 5) is 0. The molecular weight excluding hydrogens is 251 g/mol. The zero-order valence-corrected chi connectivity index (χ0v) is 10.1. The molecule has 0 aliphatic heterocycles. The van der Waals surface area contributed by atoms with E-state index in [1.54, 1.807) is 6.07 Å². The summed E-state index contributed by atoms with van der Waals surface area (Å²) in [6.07, 6.45) is -3.43. The van der Waals surface area contributed by atoms with Crippen molar-refractivity contribution in [2.45, 2.75) is 18.5 Å². The number of halogens is 4. The van der Waals surface area contributed by atoms with Gasteiger partial charge in [-0.2, -0.15) is 13.2 Å². The number of hydrogen-bond donors (Lipinski definition) is 1. The van der Waals surface area contributed by atoms with Gasteiger partial charge in [0.15, 0.2) is 0 Å². The van der Waals surface area contributed by atoms with Crippen LogP contribution in [0.1, 0.15) is 23.5 Å². The van der Waals surface area contributed by atoms with E-state index in [-0.39, 0.29) is 10.9 Å². The summed E-state index contributed by atoms with van der Waals surface area (Å²) in [7, 11) is 1.85. The molecule has 1 aliphatic rings. The molecule has 0 radical (unpaired) electrons. The number of alkyl halides is 3. The molecule has 1 nitrogen and oxygen atoms in total. The topological polar surface area (TPSA) is 12.0 Å². The van der Waals surface area contributed by atoms with E-state index in [0.29, 0.717) is 5.92 Å². The predicted molar refractivity (Wildman–Crippen MR) is 61.2 cm³/mol. The average Bonchev–Trinajstić information content (AvgIpc) is 2.97. The molecule has 0 amide bonds. The molecule has 17 heavy (non-hydrogen) atoms. The molecule has 2 rings (SSSR count). The SMILES string of the molecule is CNC[C@@H]1C[C@H]1c1ccc(Cl)c(C(F)(F)F)c1. The number of nitrogens with one attached hydrogen (secondary N) is 1. The Labute approximate surface area is 103 Å². The molecule has 1 aromatic rings. The third-order valence-electron chi connectivity index (χ3n) is 3.11. The lowest BCUT2D eigenvalue weighted by Crippen LogP contribution is -2.10. The van der Waals surface area contributed by atoms with E-state index in [4.69, 9.17) is 11.6 Å². The Morgan fingerprint density at radius 1 is 1.41 bits per heavy atom. The smallest absolute Gasteiger partial charge is 0.319 e. The predicted octanol–water partition coefficient (Wildman–Crippen LogP) is 3.68.